The molecule has 0 spiro atoms. The van der Waals surface area contributed by atoms with Gasteiger partial charge in [-0.05, 0) is 54.1 Å². The van der Waals surface area contributed by atoms with Crippen molar-refractivity contribution in [1.82, 2.24) is 10.3 Å². The molecule has 2 aromatic carbocycles. The van der Waals surface area contributed by atoms with Gasteiger partial charge < -0.3 is 10.6 Å². The fourth-order valence-electron chi connectivity index (χ4n) is 3.29. The number of pyridine rings is 1. The summed E-state index contributed by atoms with van der Waals surface area (Å²) in [5.74, 6) is -0.481. The molecule has 5 nitrogen and oxygen atoms in total. The maximum atomic E-state index is 13.1. The summed E-state index contributed by atoms with van der Waals surface area (Å²) in [7, 11) is 0. The van der Waals surface area contributed by atoms with Crippen molar-refractivity contribution in [3.05, 3.63) is 94.8 Å². The number of fused-ring (bicyclic) bond motifs is 1. The molecule has 2 N–H and O–H groups in total. The highest BCUT2D eigenvalue weighted by molar-refractivity contribution is 7.12. The molecular formula is C24H21N3O2S. The standard InChI is InChI=1S/C24H21N3O2S/c28-23(26-20-11-4-10-19-18(20)9-5-15-25-19)21(14-13-17-7-2-1-3-8-17)27-24(29)22-12-6-16-30-22/h1-12,15-16,21H,13-14H2,(H,26,28)(H,27,29). The molecule has 6 heteroatoms. The van der Waals surface area contributed by atoms with Crippen molar-refractivity contribution in [3.8, 4) is 0 Å². The lowest BCUT2D eigenvalue weighted by Crippen LogP contribution is -2.44. The third kappa shape index (κ3) is 4.72. The maximum absolute atomic E-state index is 13.1. The predicted octanol–water partition coefficient (Wildman–Crippen LogP) is 4.67. The SMILES string of the molecule is O=C(NC(CCc1ccccc1)C(=O)Nc1cccc2ncccc12)c1cccs1. The van der Waals surface area contributed by atoms with E-state index >= 15 is 0 Å². The minimum atomic E-state index is -0.660. The third-order valence-corrected chi connectivity index (χ3v) is 5.70. The summed E-state index contributed by atoms with van der Waals surface area (Å²) in [6.45, 7) is 0. The van der Waals surface area contributed by atoms with E-state index in [-0.39, 0.29) is 11.8 Å². The molecule has 150 valence electrons. The number of benzene rings is 2. The molecule has 0 radical (unpaired) electrons. The van der Waals surface area contributed by atoms with Crippen molar-refractivity contribution in [2.75, 3.05) is 5.32 Å². The van der Waals surface area contributed by atoms with E-state index in [9.17, 15) is 9.59 Å². The molecule has 1 unspecified atom stereocenters. The van der Waals surface area contributed by atoms with Crippen molar-refractivity contribution in [3.63, 3.8) is 0 Å². The van der Waals surface area contributed by atoms with Crippen molar-refractivity contribution in [1.29, 1.82) is 0 Å². The fraction of sp³-hybridized carbons (Fsp3) is 0.125. The van der Waals surface area contributed by atoms with Gasteiger partial charge in [-0.15, -0.1) is 11.3 Å². The average Bonchev–Trinajstić information content (AvgIpc) is 3.32. The van der Waals surface area contributed by atoms with Gasteiger partial charge >= 0.3 is 0 Å². The van der Waals surface area contributed by atoms with Gasteiger partial charge in [0, 0.05) is 11.6 Å². The highest BCUT2D eigenvalue weighted by atomic mass is 32.1. The van der Waals surface area contributed by atoms with Crippen LogP contribution in [0.1, 0.15) is 21.7 Å². The Morgan fingerprint density at radius 2 is 1.80 bits per heavy atom. The number of rotatable bonds is 7. The number of hydrogen-bond donors (Lipinski definition) is 2. The Hall–Kier alpha value is -3.51. The molecule has 0 saturated heterocycles. The molecule has 1 atom stereocenters. The number of carbonyl (C=O) groups is 2. The first-order valence-corrected chi connectivity index (χ1v) is 10.6. The van der Waals surface area contributed by atoms with Gasteiger partial charge in [0.1, 0.15) is 6.04 Å². The fourth-order valence-corrected chi connectivity index (χ4v) is 3.92. The molecule has 0 aliphatic carbocycles. The van der Waals surface area contributed by atoms with Crippen LogP contribution in [0.25, 0.3) is 10.9 Å². The van der Waals surface area contributed by atoms with Crippen LogP contribution in [-0.2, 0) is 11.2 Å². The van der Waals surface area contributed by atoms with E-state index in [2.05, 4.69) is 15.6 Å². The smallest absolute Gasteiger partial charge is 0.261 e. The van der Waals surface area contributed by atoms with Gasteiger partial charge in [-0.3, -0.25) is 14.6 Å². The maximum Gasteiger partial charge on any atom is 0.261 e. The van der Waals surface area contributed by atoms with E-state index in [0.29, 0.717) is 23.4 Å². The van der Waals surface area contributed by atoms with Crippen LogP contribution in [0.5, 0.6) is 0 Å². The van der Waals surface area contributed by atoms with E-state index < -0.39 is 6.04 Å². The Labute approximate surface area is 178 Å². The van der Waals surface area contributed by atoms with Crippen molar-refractivity contribution >= 4 is 39.7 Å². The van der Waals surface area contributed by atoms with Gasteiger partial charge in [0.15, 0.2) is 0 Å². The van der Waals surface area contributed by atoms with E-state index in [4.69, 9.17) is 0 Å². The average molecular weight is 416 g/mol. The molecule has 2 amide bonds. The van der Waals surface area contributed by atoms with E-state index in [0.717, 1.165) is 16.5 Å². The Morgan fingerprint density at radius 3 is 2.60 bits per heavy atom. The van der Waals surface area contributed by atoms with Crippen LogP contribution in [0.2, 0.25) is 0 Å². The van der Waals surface area contributed by atoms with Crippen LogP contribution >= 0.6 is 11.3 Å². The predicted molar refractivity (Wildman–Crippen MR) is 121 cm³/mol. The minimum Gasteiger partial charge on any atom is -0.340 e. The van der Waals surface area contributed by atoms with E-state index in [1.165, 1.54) is 11.3 Å². The second-order valence-corrected chi connectivity index (χ2v) is 7.84. The number of aromatic nitrogens is 1. The minimum absolute atomic E-state index is 0.238. The van der Waals surface area contributed by atoms with Crippen molar-refractivity contribution < 1.29 is 9.59 Å². The Bertz CT molecular complexity index is 1140. The molecular weight excluding hydrogens is 394 g/mol. The number of nitrogens with one attached hydrogen (secondary N) is 2. The van der Waals surface area contributed by atoms with Gasteiger partial charge in [-0.2, -0.15) is 0 Å². The lowest BCUT2D eigenvalue weighted by molar-refractivity contribution is -0.118. The quantitative estimate of drug-likeness (QED) is 0.461. The Kier molecular flexibility index (Phi) is 6.15. The van der Waals surface area contributed by atoms with Gasteiger partial charge in [0.25, 0.3) is 5.91 Å². The number of aryl methyl sites for hydroxylation is 1. The van der Waals surface area contributed by atoms with Crippen molar-refractivity contribution in [2.45, 2.75) is 18.9 Å². The largest absolute Gasteiger partial charge is 0.340 e. The zero-order valence-corrected chi connectivity index (χ0v) is 17.1. The first-order valence-electron chi connectivity index (χ1n) is 9.73. The van der Waals surface area contributed by atoms with E-state index in [1.54, 1.807) is 12.3 Å². The van der Waals surface area contributed by atoms with Crippen LogP contribution < -0.4 is 10.6 Å². The number of amides is 2. The normalized spacial score (nSPS) is 11.7. The lowest BCUT2D eigenvalue weighted by Gasteiger charge is -2.19. The highest BCUT2D eigenvalue weighted by Gasteiger charge is 2.22. The first-order chi connectivity index (χ1) is 14.7. The number of nitrogens with zero attached hydrogens (tertiary/aromatic N) is 1. The summed E-state index contributed by atoms with van der Waals surface area (Å²) in [5.41, 5.74) is 2.61. The van der Waals surface area contributed by atoms with Crippen LogP contribution in [0, 0.1) is 0 Å². The molecule has 0 saturated carbocycles. The van der Waals surface area contributed by atoms with Crippen LogP contribution in [0.4, 0.5) is 5.69 Å². The van der Waals surface area contributed by atoms with Crippen molar-refractivity contribution in [2.24, 2.45) is 0 Å². The van der Waals surface area contributed by atoms with Crippen LogP contribution in [0.3, 0.4) is 0 Å². The second kappa shape index (κ2) is 9.33. The third-order valence-electron chi connectivity index (χ3n) is 4.83. The van der Waals surface area contributed by atoms with Crippen LogP contribution in [-0.4, -0.2) is 22.8 Å². The molecule has 2 heterocycles. The van der Waals surface area contributed by atoms with E-state index in [1.807, 2.05) is 72.1 Å². The Morgan fingerprint density at radius 1 is 0.933 bits per heavy atom. The molecule has 4 aromatic rings. The molecule has 0 bridgehead atoms. The molecule has 30 heavy (non-hydrogen) atoms. The number of carbonyl (C=O) groups excluding carboxylic acids is 2. The summed E-state index contributed by atoms with van der Waals surface area (Å²) in [4.78, 5) is 30.7. The van der Waals surface area contributed by atoms with Gasteiger partial charge in [0.2, 0.25) is 5.91 Å². The Balaban J connectivity index is 1.53. The first kappa shape index (κ1) is 19.8. The number of thiophene rings is 1. The summed E-state index contributed by atoms with van der Waals surface area (Å²) >= 11 is 1.35. The van der Waals surface area contributed by atoms with Crippen LogP contribution in [0.15, 0.2) is 84.4 Å². The summed E-state index contributed by atoms with van der Waals surface area (Å²) < 4.78 is 0. The molecule has 4 rings (SSSR count). The zero-order valence-electron chi connectivity index (χ0n) is 16.2. The zero-order chi connectivity index (χ0) is 20.8. The number of anilines is 1. The highest BCUT2D eigenvalue weighted by Crippen LogP contribution is 2.22. The monoisotopic (exact) mass is 415 g/mol. The van der Waals surface area contributed by atoms with Gasteiger partial charge in [-0.25, -0.2) is 0 Å². The number of hydrogen-bond acceptors (Lipinski definition) is 4. The molecule has 0 aliphatic rings. The van der Waals surface area contributed by atoms with Gasteiger partial charge in [-0.1, -0.05) is 42.5 Å². The lowest BCUT2D eigenvalue weighted by atomic mass is 10.0. The second-order valence-electron chi connectivity index (χ2n) is 6.89. The topological polar surface area (TPSA) is 71.1 Å². The molecule has 2 aromatic heterocycles. The van der Waals surface area contributed by atoms with Gasteiger partial charge in [0.05, 0.1) is 16.1 Å². The summed E-state index contributed by atoms with van der Waals surface area (Å²) in [5, 5.41) is 8.59. The molecule has 0 fully saturated rings. The summed E-state index contributed by atoms with van der Waals surface area (Å²) in [6, 6.07) is 22.2. The summed E-state index contributed by atoms with van der Waals surface area (Å²) in [6.07, 6.45) is 2.90. The molecule has 0 aliphatic heterocycles.